The minimum Gasteiger partial charge on any atom is -0.475 e. The molecule has 1 N–H and O–H groups in total. The number of hydrogen-bond acceptors (Lipinski definition) is 5. The van der Waals surface area contributed by atoms with Crippen LogP contribution >= 0.6 is 0 Å². The van der Waals surface area contributed by atoms with Crippen LogP contribution in [0, 0.1) is 5.82 Å². The van der Waals surface area contributed by atoms with Crippen LogP contribution in [0.4, 0.5) is 4.39 Å². The second-order valence-corrected chi connectivity index (χ2v) is 3.22. The fourth-order valence-electron chi connectivity index (χ4n) is 1.13. The molecule has 0 fully saturated rings. The molecular weight excluding hydrogens is 245 g/mol. The number of carbonyl (C=O) groups is 2. The zero-order valence-electron chi connectivity index (χ0n) is 8.79. The summed E-state index contributed by atoms with van der Waals surface area (Å²) in [6.07, 6.45) is 0. The van der Waals surface area contributed by atoms with Crippen molar-refractivity contribution in [2.75, 3.05) is 0 Å². The van der Waals surface area contributed by atoms with E-state index in [2.05, 4.69) is 9.68 Å². The van der Waals surface area contributed by atoms with Gasteiger partial charge in [0.1, 0.15) is 11.6 Å². The molecule has 0 atom stereocenters. The van der Waals surface area contributed by atoms with Gasteiger partial charge in [0.05, 0.1) is 0 Å². The smallest absolute Gasteiger partial charge is 0.374 e. The van der Waals surface area contributed by atoms with Gasteiger partial charge in [-0.1, -0.05) is 5.16 Å². The lowest BCUT2D eigenvalue weighted by molar-refractivity contribution is 0.0647. The number of benzene rings is 1. The molecule has 0 aliphatic carbocycles. The van der Waals surface area contributed by atoms with Crippen molar-refractivity contribution in [1.29, 1.82) is 0 Å². The van der Waals surface area contributed by atoms with Gasteiger partial charge < -0.3 is 14.4 Å². The molecule has 0 saturated carbocycles. The molecule has 1 aromatic heterocycles. The number of aromatic nitrogens is 1. The minimum absolute atomic E-state index is 0.112. The SMILES string of the molecule is O=C(Oc1ccc(F)cc1)c1cc(C(=O)O)on1. The lowest BCUT2D eigenvalue weighted by Gasteiger charge is -2.00. The van der Waals surface area contributed by atoms with E-state index in [1.54, 1.807) is 0 Å². The molecule has 1 aromatic carbocycles. The summed E-state index contributed by atoms with van der Waals surface area (Å²) in [5.41, 5.74) is -0.281. The molecule has 2 aromatic rings. The highest BCUT2D eigenvalue weighted by atomic mass is 19.1. The van der Waals surface area contributed by atoms with Crippen molar-refractivity contribution in [3.8, 4) is 5.75 Å². The van der Waals surface area contributed by atoms with E-state index >= 15 is 0 Å². The van der Waals surface area contributed by atoms with Crippen LogP contribution in [0.1, 0.15) is 21.0 Å². The van der Waals surface area contributed by atoms with Crippen LogP contribution in [0.5, 0.6) is 5.75 Å². The Morgan fingerprint density at radius 3 is 2.50 bits per heavy atom. The Kier molecular flexibility index (Phi) is 3.05. The maximum atomic E-state index is 12.6. The zero-order valence-corrected chi connectivity index (χ0v) is 8.79. The molecule has 0 amide bonds. The molecule has 0 aliphatic heterocycles. The van der Waals surface area contributed by atoms with Crippen LogP contribution in [-0.2, 0) is 0 Å². The lowest BCUT2D eigenvalue weighted by atomic mass is 10.3. The van der Waals surface area contributed by atoms with Gasteiger partial charge in [-0.25, -0.2) is 14.0 Å². The van der Waals surface area contributed by atoms with Gasteiger partial charge in [-0.2, -0.15) is 0 Å². The van der Waals surface area contributed by atoms with Crippen molar-refractivity contribution >= 4 is 11.9 Å². The quantitative estimate of drug-likeness (QED) is 0.660. The predicted octanol–water partition coefficient (Wildman–Crippen LogP) is 1.73. The van der Waals surface area contributed by atoms with Crippen molar-refractivity contribution in [1.82, 2.24) is 5.16 Å². The van der Waals surface area contributed by atoms with E-state index in [1.165, 1.54) is 12.1 Å². The molecule has 92 valence electrons. The Bertz CT molecular complexity index is 590. The van der Waals surface area contributed by atoms with E-state index in [-0.39, 0.29) is 11.4 Å². The van der Waals surface area contributed by atoms with Crippen LogP contribution < -0.4 is 4.74 Å². The molecule has 2 rings (SSSR count). The molecule has 0 unspecified atom stereocenters. The van der Waals surface area contributed by atoms with Crippen molar-refractivity contribution in [2.24, 2.45) is 0 Å². The van der Waals surface area contributed by atoms with Gasteiger partial charge >= 0.3 is 11.9 Å². The number of esters is 1. The summed E-state index contributed by atoms with van der Waals surface area (Å²) < 4.78 is 21.8. The number of nitrogens with zero attached hydrogens (tertiary/aromatic N) is 1. The number of aromatic carboxylic acids is 1. The highest BCUT2D eigenvalue weighted by Gasteiger charge is 2.18. The fourth-order valence-corrected chi connectivity index (χ4v) is 1.13. The minimum atomic E-state index is -1.34. The van der Waals surface area contributed by atoms with Gasteiger partial charge in [0, 0.05) is 6.07 Å². The average molecular weight is 251 g/mol. The van der Waals surface area contributed by atoms with Crippen molar-refractivity contribution in [3.05, 3.63) is 47.6 Å². The van der Waals surface area contributed by atoms with Gasteiger partial charge in [-0.15, -0.1) is 0 Å². The van der Waals surface area contributed by atoms with E-state index < -0.39 is 23.5 Å². The van der Waals surface area contributed by atoms with Crippen LogP contribution in [0.25, 0.3) is 0 Å². The number of ether oxygens (including phenoxy) is 1. The molecule has 6 nitrogen and oxygen atoms in total. The summed E-state index contributed by atoms with van der Waals surface area (Å²) in [5, 5.41) is 11.8. The van der Waals surface area contributed by atoms with Gasteiger partial charge in [0.2, 0.25) is 5.76 Å². The molecular formula is C11H6FNO5. The summed E-state index contributed by atoms with van der Waals surface area (Å²) in [5.74, 6) is -3.06. The predicted molar refractivity (Wildman–Crippen MR) is 54.8 cm³/mol. The van der Waals surface area contributed by atoms with Crippen LogP contribution in [0.15, 0.2) is 34.9 Å². The van der Waals surface area contributed by atoms with Crippen molar-refractivity contribution in [2.45, 2.75) is 0 Å². The fraction of sp³-hybridized carbons (Fsp3) is 0. The van der Waals surface area contributed by atoms with Crippen molar-refractivity contribution in [3.63, 3.8) is 0 Å². The number of carboxylic acids is 1. The largest absolute Gasteiger partial charge is 0.475 e. The second kappa shape index (κ2) is 4.66. The van der Waals surface area contributed by atoms with Gasteiger partial charge in [-0.3, -0.25) is 0 Å². The third kappa shape index (κ3) is 2.51. The maximum Gasteiger partial charge on any atom is 0.374 e. The molecule has 0 bridgehead atoms. The Hall–Kier alpha value is -2.70. The standard InChI is InChI=1S/C11H6FNO5/c12-6-1-3-7(4-2-6)17-11(16)8-5-9(10(14)15)18-13-8/h1-5H,(H,14,15). The number of rotatable bonds is 3. The first-order valence-electron chi connectivity index (χ1n) is 4.74. The van der Waals surface area contributed by atoms with Crippen LogP contribution in [0.2, 0.25) is 0 Å². The first-order chi connectivity index (χ1) is 8.56. The molecule has 0 spiro atoms. The molecule has 0 radical (unpaired) electrons. The van der Waals surface area contributed by atoms with Gasteiger partial charge in [0.25, 0.3) is 0 Å². The number of carbonyl (C=O) groups excluding carboxylic acids is 1. The summed E-state index contributed by atoms with van der Waals surface area (Å²) >= 11 is 0. The van der Waals surface area contributed by atoms with Crippen molar-refractivity contribution < 1.29 is 28.3 Å². The maximum absolute atomic E-state index is 12.6. The van der Waals surface area contributed by atoms with E-state index in [0.717, 1.165) is 18.2 Å². The van der Waals surface area contributed by atoms with Gasteiger partial charge in [0.15, 0.2) is 5.69 Å². The number of halogens is 1. The zero-order chi connectivity index (χ0) is 13.1. The molecule has 0 aliphatic rings. The van der Waals surface area contributed by atoms with Gasteiger partial charge in [-0.05, 0) is 24.3 Å². The Balaban J connectivity index is 2.11. The third-order valence-corrected chi connectivity index (χ3v) is 1.95. The average Bonchev–Trinajstić information content (AvgIpc) is 2.81. The summed E-state index contributed by atoms with van der Waals surface area (Å²) in [6, 6.07) is 5.69. The third-order valence-electron chi connectivity index (χ3n) is 1.95. The van der Waals surface area contributed by atoms with E-state index in [1.807, 2.05) is 0 Å². The highest BCUT2D eigenvalue weighted by Crippen LogP contribution is 2.13. The molecule has 7 heteroatoms. The number of hydrogen-bond donors (Lipinski definition) is 1. The Morgan fingerprint density at radius 2 is 1.94 bits per heavy atom. The topological polar surface area (TPSA) is 89.6 Å². The second-order valence-electron chi connectivity index (χ2n) is 3.22. The Morgan fingerprint density at radius 1 is 1.28 bits per heavy atom. The first kappa shape index (κ1) is 11.8. The van der Waals surface area contributed by atoms with E-state index in [9.17, 15) is 14.0 Å². The number of carboxylic acid groups (broad SMARTS) is 1. The molecule has 1 heterocycles. The first-order valence-corrected chi connectivity index (χ1v) is 4.74. The lowest BCUT2D eigenvalue weighted by Crippen LogP contribution is -2.08. The van der Waals surface area contributed by atoms with Crippen LogP contribution in [-0.4, -0.2) is 22.2 Å². The summed E-state index contributed by atoms with van der Waals surface area (Å²) in [4.78, 5) is 22.0. The normalized spacial score (nSPS) is 10.1. The Labute approximate surface area is 99.6 Å². The van der Waals surface area contributed by atoms with Crippen LogP contribution in [0.3, 0.4) is 0 Å². The van der Waals surface area contributed by atoms with E-state index in [0.29, 0.717) is 0 Å². The molecule has 0 saturated heterocycles. The molecule has 18 heavy (non-hydrogen) atoms. The highest BCUT2D eigenvalue weighted by molar-refractivity contribution is 5.92. The summed E-state index contributed by atoms with van der Waals surface area (Å²) in [7, 11) is 0. The monoisotopic (exact) mass is 251 g/mol. The van der Waals surface area contributed by atoms with E-state index in [4.69, 9.17) is 9.84 Å². The summed E-state index contributed by atoms with van der Waals surface area (Å²) in [6.45, 7) is 0.